The molecule has 8 nitrogen and oxygen atoms in total. The van der Waals surface area contributed by atoms with E-state index in [0.717, 1.165) is 0 Å². The number of likely N-dealkylation sites (N-methyl/N-ethyl adjacent to an activating group) is 1. The van der Waals surface area contributed by atoms with E-state index in [1.165, 1.54) is 4.90 Å². The number of aliphatic hydroxyl groups excluding tert-OH is 2. The Bertz CT molecular complexity index is 350. The van der Waals surface area contributed by atoms with Crippen molar-refractivity contribution in [3.8, 4) is 0 Å². The minimum absolute atomic E-state index is 0.0458. The first kappa shape index (κ1) is 16.7. The molecule has 0 aromatic carbocycles. The molecule has 0 aromatic heterocycles. The molecule has 0 radical (unpaired) electrons. The number of aliphatic hydroxyl groups is 2. The van der Waals surface area contributed by atoms with Crippen LogP contribution in [-0.2, 0) is 4.79 Å². The van der Waals surface area contributed by atoms with E-state index in [4.69, 9.17) is 10.2 Å². The van der Waals surface area contributed by atoms with Gasteiger partial charge in [0.05, 0.1) is 6.10 Å². The van der Waals surface area contributed by atoms with Crippen molar-refractivity contribution in [2.24, 2.45) is 0 Å². The van der Waals surface area contributed by atoms with E-state index in [1.807, 2.05) is 19.0 Å². The van der Waals surface area contributed by atoms with Crippen molar-refractivity contribution >= 4 is 12.0 Å². The highest BCUT2D eigenvalue weighted by Gasteiger charge is 2.35. The fourth-order valence-electron chi connectivity index (χ4n) is 2.35. The summed E-state index contributed by atoms with van der Waals surface area (Å²) in [7, 11) is 3.74. The maximum Gasteiger partial charge on any atom is 0.326 e. The van der Waals surface area contributed by atoms with E-state index in [-0.39, 0.29) is 25.6 Å². The molecule has 0 saturated carbocycles. The van der Waals surface area contributed by atoms with E-state index in [1.54, 1.807) is 0 Å². The second-order valence-corrected chi connectivity index (χ2v) is 5.31. The summed E-state index contributed by atoms with van der Waals surface area (Å²) in [5, 5.41) is 29.8. The standard InChI is InChI=1S/C12H23N3O5/c1-14(2)6-8-5-9(17)7-15(8)12(20)13-10(3-4-16)11(18)19/h8-10,16-17H,3-7H2,1-2H3,(H,13,20)(H,18,19). The third-order valence-electron chi connectivity index (χ3n) is 3.24. The van der Waals surface area contributed by atoms with Crippen molar-refractivity contribution in [2.75, 3.05) is 33.8 Å². The van der Waals surface area contributed by atoms with Crippen molar-refractivity contribution < 1.29 is 24.9 Å². The van der Waals surface area contributed by atoms with E-state index in [9.17, 15) is 14.7 Å². The molecule has 1 saturated heterocycles. The van der Waals surface area contributed by atoms with E-state index in [0.29, 0.717) is 13.0 Å². The Labute approximate surface area is 118 Å². The van der Waals surface area contributed by atoms with Gasteiger partial charge < -0.3 is 30.4 Å². The van der Waals surface area contributed by atoms with Crippen LogP contribution in [0.2, 0.25) is 0 Å². The van der Waals surface area contributed by atoms with Crippen molar-refractivity contribution in [3.05, 3.63) is 0 Å². The zero-order valence-corrected chi connectivity index (χ0v) is 11.8. The molecule has 8 heteroatoms. The molecule has 0 spiro atoms. The number of urea groups is 1. The smallest absolute Gasteiger partial charge is 0.326 e. The number of hydrogen-bond donors (Lipinski definition) is 4. The molecular weight excluding hydrogens is 266 g/mol. The van der Waals surface area contributed by atoms with Crippen molar-refractivity contribution in [1.29, 1.82) is 0 Å². The highest BCUT2D eigenvalue weighted by molar-refractivity contribution is 5.82. The quantitative estimate of drug-likeness (QED) is 0.475. The van der Waals surface area contributed by atoms with Crippen LogP contribution in [0.5, 0.6) is 0 Å². The number of nitrogens with zero attached hydrogens (tertiary/aromatic N) is 2. The molecular formula is C12H23N3O5. The Morgan fingerprint density at radius 3 is 2.60 bits per heavy atom. The number of carbonyl (C=O) groups is 2. The first-order valence-electron chi connectivity index (χ1n) is 6.58. The molecule has 1 rings (SSSR count). The number of β-amino-alcohol motifs (C(OH)–C–C–N with tert-alkyl or cyclic N) is 1. The van der Waals surface area contributed by atoms with Gasteiger partial charge in [0.25, 0.3) is 0 Å². The number of hydrogen-bond acceptors (Lipinski definition) is 5. The normalized spacial score (nSPS) is 23.9. The lowest BCUT2D eigenvalue weighted by molar-refractivity contribution is -0.139. The van der Waals surface area contributed by atoms with Crippen LogP contribution >= 0.6 is 0 Å². The van der Waals surface area contributed by atoms with Gasteiger partial charge in [-0.3, -0.25) is 0 Å². The summed E-state index contributed by atoms with van der Waals surface area (Å²) in [5.74, 6) is -1.18. The Balaban J connectivity index is 2.66. The van der Waals surface area contributed by atoms with E-state index >= 15 is 0 Å². The van der Waals surface area contributed by atoms with Gasteiger partial charge in [0.2, 0.25) is 0 Å². The summed E-state index contributed by atoms with van der Waals surface area (Å²) in [6, 6.07) is -1.79. The van der Waals surface area contributed by atoms with Gasteiger partial charge in [-0.2, -0.15) is 0 Å². The van der Waals surface area contributed by atoms with E-state index in [2.05, 4.69) is 5.32 Å². The number of aliphatic carboxylic acids is 1. The maximum absolute atomic E-state index is 12.1. The molecule has 0 bridgehead atoms. The number of likely N-dealkylation sites (tertiary alicyclic amines) is 1. The molecule has 116 valence electrons. The second-order valence-electron chi connectivity index (χ2n) is 5.31. The van der Waals surface area contributed by atoms with Gasteiger partial charge in [-0.05, 0) is 20.5 Å². The van der Waals surface area contributed by atoms with Crippen LogP contribution in [0.1, 0.15) is 12.8 Å². The summed E-state index contributed by atoms with van der Waals surface area (Å²) >= 11 is 0. The molecule has 1 fully saturated rings. The SMILES string of the molecule is CN(C)CC1CC(O)CN1C(=O)NC(CCO)C(=O)O. The number of rotatable bonds is 6. The third kappa shape index (κ3) is 4.62. The van der Waals surface area contributed by atoms with Gasteiger partial charge >= 0.3 is 12.0 Å². The molecule has 0 aromatic rings. The second kappa shape index (κ2) is 7.41. The Kier molecular flexibility index (Phi) is 6.18. The molecule has 2 amide bonds. The number of carboxylic acid groups (broad SMARTS) is 1. The first-order chi connectivity index (χ1) is 9.35. The maximum atomic E-state index is 12.1. The zero-order valence-electron chi connectivity index (χ0n) is 11.8. The Hall–Kier alpha value is -1.38. The number of nitrogens with one attached hydrogen (secondary N) is 1. The van der Waals surface area contributed by atoms with Gasteiger partial charge in [-0.25, -0.2) is 9.59 Å². The Morgan fingerprint density at radius 2 is 2.10 bits per heavy atom. The number of carbonyl (C=O) groups excluding carboxylic acids is 1. The van der Waals surface area contributed by atoms with Crippen LogP contribution in [0, 0.1) is 0 Å². The van der Waals surface area contributed by atoms with Crippen molar-refractivity contribution in [1.82, 2.24) is 15.1 Å². The molecule has 20 heavy (non-hydrogen) atoms. The van der Waals surface area contributed by atoms with Crippen LogP contribution in [0.4, 0.5) is 4.79 Å². The lowest BCUT2D eigenvalue weighted by Crippen LogP contribution is -2.51. The Morgan fingerprint density at radius 1 is 1.45 bits per heavy atom. The molecule has 0 aliphatic carbocycles. The molecule has 1 aliphatic heterocycles. The first-order valence-corrected chi connectivity index (χ1v) is 6.58. The fraction of sp³-hybridized carbons (Fsp3) is 0.833. The molecule has 3 unspecified atom stereocenters. The lowest BCUT2D eigenvalue weighted by Gasteiger charge is -2.28. The minimum Gasteiger partial charge on any atom is -0.480 e. The predicted molar refractivity (Wildman–Crippen MR) is 71.3 cm³/mol. The van der Waals surface area contributed by atoms with Crippen LogP contribution in [0.15, 0.2) is 0 Å². The third-order valence-corrected chi connectivity index (χ3v) is 3.24. The number of carboxylic acids is 1. The van der Waals surface area contributed by atoms with Gasteiger partial charge in [0.1, 0.15) is 6.04 Å². The summed E-state index contributed by atoms with van der Waals surface area (Å²) in [6.07, 6.45) is -0.161. The van der Waals surface area contributed by atoms with Gasteiger partial charge in [-0.1, -0.05) is 0 Å². The molecule has 4 N–H and O–H groups in total. The van der Waals surface area contributed by atoms with Gasteiger partial charge in [-0.15, -0.1) is 0 Å². The van der Waals surface area contributed by atoms with Crippen LogP contribution in [-0.4, -0.2) is 89.1 Å². The zero-order chi connectivity index (χ0) is 15.3. The van der Waals surface area contributed by atoms with E-state index < -0.39 is 24.1 Å². The lowest BCUT2D eigenvalue weighted by atomic mass is 10.2. The van der Waals surface area contributed by atoms with Gasteiger partial charge in [0.15, 0.2) is 0 Å². The van der Waals surface area contributed by atoms with Gasteiger partial charge in [0, 0.05) is 32.2 Å². The summed E-state index contributed by atoms with van der Waals surface area (Å²) < 4.78 is 0. The number of amides is 2. The van der Waals surface area contributed by atoms with Crippen molar-refractivity contribution in [3.63, 3.8) is 0 Å². The summed E-state index contributed by atoms with van der Waals surface area (Å²) in [5.41, 5.74) is 0. The monoisotopic (exact) mass is 289 g/mol. The average molecular weight is 289 g/mol. The topological polar surface area (TPSA) is 113 Å². The van der Waals surface area contributed by atoms with Crippen molar-refractivity contribution in [2.45, 2.75) is 31.0 Å². The molecule has 1 aliphatic rings. The van der Waals surface area contributed by atoms with Crippen LogP contribution in [0.25, 0.3) is 0 Å². The summed E-state index contributed by atoms with van der Waals surface area (Å²) in [4.78, 5) is 26.4. The molecule has 1 heterocycles. The van der Waals surface area contributed by atoms with Crippen LogP contribution in [0.3, 0.4) is 0 Å². The highest BCUT2D eigenvalue weighted by atomic mass is 16.4. The molecule has 3 atom stereocenters. The van der Waals surface area contributed by atoms with Crippen LogP contribution < -0.4 is 5.32 Å². The average Bonchev–Trinajstić information content (AvgIpc) is 2.68. The minimum atomic E-state index is -1.18. The fourth-order valence-corrected chi connectivity index (χ4v) is 2.35. The largest absolute Gasteiger partial charge is 0.480 e. The predicted octanol–water partition coefficient (Wildman–Crippen LogP) is -1.47. The highest BCUT2D eigenvalue weighted by Crippen LogP contribution is 2.18. The summed E-state index contributed by atoms with van der Waals surface area (Å²) in [6.45, 7) is 0.471.